The van der Waals surface area contributed by atoms with E-state index < -0.39 is 42.1 Å². The summed E-state index contributed by atoms with van der Waals surface area (Å²) in [5.74, 6) is -2.54. The molecule has 3 saturated heterocycles. The average Bonchev–Trinajstić information content (AvgIpc) is 3.31. The molecule has 0 aliphatic carbocycles. The Balaban J connectivity index is 1.54. The first-order chi connectivity index (χ1) is 13.3. The van der Waals surface area contributed by atoms with Crippen molar-refractivity contribution in [3.8, 4) is 0 Å². The Labute approximate surface area is 157 Å². The number of anilines is 1. The number of benzene rings is 2. The third-order valence-corrected chi connectivity index (χ3v) is 5.78. The van der Waals surface area contributed by atoms with E-state index in [1.807, 2.05) is 18.2 Å². The first-order valence-corrected chi connectivity index (χ1v) is 8.81. The predicted molar refractivity (Wildman–Crippen MR) is 92.4 cm³/mol. The summed E-state index contributed by atoms with van der Waals surface area (Å²) in [5.41, 5.74) is 0.399. The number of nitrogens with zero attached hydrogens (tertiary/aromatic N) is 3. The van der Waals surface area contributed by atoms with Crippen molar-refractivity contribution in [3.05, 3.63) is 42.5 Å². The van der Waals surface area contributed by atoms with Crippen LogP contribution in [0.1, 0.15) is 6.42 Å². The molecule has 3 aliphatic heterocycles. The topological polar surface area (TPSA) is 60.9 Å². The molecular formula is C19H14F3N3O3. The minimum absolute atomic E-state index is 0.188. The third kappa shape index (κ3) is 2.12. The molecule has 5 rings (SSSR count). The van der Waals surface area contributed by atoms with Gasteiger partial charge in [-0.2, -0.15) is 13.2 Å². The second-order valence-electron chi connectivity index (χ2n) is 7.22. The van der Waals surface area contributed by atoms with Gasteiger partial charge in [0.1, 0.15) is 6.04 Å². The smallest absolute Gasteiger partial charge is 0.327 e. The maximum Gasteiger partial charge on any atom is 0.471 e. The lowest BCUT2D eigenvalue weighted by Gasteiger charge is -2.35. The number of halogens is 3. The number of fused-ring (bicyclic) bond motifs is 6. The summed E-state index contributed by atoms with van der Waals surface area (Å²) in [6.45, 7) is -0.206. The van der Waals surface area contributed by atoms with Crippen LogP contribution in [0.5, 0.6) is 0 Å². The summed E-state index contributed by atoms with van der Waals surface area (Å²) < 4.78 is 38.7. The maximum atomic E-state index is 13.1. The van der Waals surface area contributed by atoms with Gasteiger partial charge in [-0.25, -0.2) is 9.69 Å². The first kappa shape index (κ1) is 17.0. The second kappa shape index (κ2) is 5.46. The van der Waals surface area contributed by atoms with E-state index in [0.717, 1.165) is 10.3 Å². The molecule has 0 saturated carbocycles. The van der Waals surface area contributed by atoms with Crippen LogP contribution in [-0.4, -0.2) is 58.5 Å². The molecule has 4 amide bonds. The summed E-state index contributed by atoms with van der Waals surface area (Å²) in [5, 5.41) is 1.54. The maximum absolute atomic E-state index is 13.1. The van der Waals surface area contributed by atoms with Crippen LogP contribution in [0.15, 0.2) is 42.5 Å². The summed E-state index contributed by atoms with van der Waals surface area (Å²) in [4.78, 5) is 40.9. The van der Waals surface area contributed by atoms with Crippen LogP contribution in [0.25, 0.3) is 10.8 Å². The number of carbonyl (C=O) groups is 3. The van der Waals surface area contributed by atoms with E-state index in [2.05, 4.69) is 0 Å². The van der Waals surface area contributed by atoms with Gasteiger partial charge < -0.3 is 9.80 Å². The van der Waals surface area contributed by atoms with Crippen molar-refractivity contribution in [2.45, 2.75) is 30.7 Å². The number of rotatable bonds is 1. The average molecular weight is 389 g/mol. The fourth-order valence-electron chi connectivity index (χ4n) is 4.68. The molecule has 0 radical (unpaired) electrons. The van der Waals surface area contributed by atoms with Crippen LogP contribution in [0.2, 0.25) is 0 Å². The molecule has 2 bridgehead atoms. The fourth-order valence-corrected chi connectivity index (χ4v) is 4.68. The number of carbonyl (C=O) groups excluding carboxylic acids is 3. The van der Waals surface area contributed by atoms with Gasteiger partial charge in [-0.1, -0.05) is 36.4 Å². The van der Waals surface area contributed by atoms with Gasteiger partial charge in [0, 0.05) is 11.9 Å². The SMILES string of the molecule is O=C1[C@@H]2C3C[C@H](CN3C(=O)C(F)(F)F)N2C(=O)N1c1cccc2ccccc12. The van der Waals surface area contributed by atoms with Crippen LogP contribution in [-0.2, 0) is 9.59 Å². The van der Waals surface area contributed by atoms with E-state index >= 15 is 0 Å². The van der Waals surface area contributed by atoms with E-state index in [0.29, 0.717) is 16.0 Å². The number of likely N-dealkylation sites (tertiary alicyclic amines) is 1. The second-order valence-corrected chi connectivity index (χ2v) is 7.22. The summed E-state index contributed by atoms with van der Waals surface area (Å²) in [7, 11) is 0. The zero-order valence-electron chi connectivity index (χ0n) is 14.4. The van der Waals surface area contributed by atoms with E-state index in [4.69, 9.17) is 0 Å². The van der Waals surface area contributed by atoms with Crippen molar-refractivity contribution in [2.24, 2.45) is 0 Å². The fraction of sp³-hybridized carbons (Fsp3) is 0.316. The molecule has 3 heterocycles. The highest BCUT2D eigenvalue weighted by atomic mass is 19.4. The van der Waals surface area contributed by atoms with Crippen molar-refractivity contribution in [2.75, 3.05) is 11.4 Å². The Bertz CT molecular complexity index is 1030. The number of amides is 4. The van der Waals surface area contributed by atoms with Gasteiger partial charge in [-0.3, -0.25) is 9.59 Å². The van der Waals surface area contributed by atoms with Gasteiger partial charge in [0.15, 0.2) is 0 Å². The molecule has 6 nitrogen and oxygen atoms in total. The molecule has 3 fully saturated rings. The lowest BCUT2D eigenvalue weighted by molar-refractivity contribution is -0.188. The number of alkyl halides is 3. The minimum atomic E-state index is -5.00. The standard InChI is InChI=1S/C19H14F3N3O3/c20-19(21,22)17(27)23-9-11-8-14(23)15-16(26)25(18(28)24(11)15)13-7-3-5-10-4-1-2-6-12(10)13/h1-7,11,14-15H,8-9H2/t11-,14?,15+/m1/s1. The van der Waals surface area contributed by atoms with Crippen LogP contribution in [0.4, 0.5) is 23.7 Å². The van der Waals surface area contributed by atoms with Crippen molar-refractivity contribution >= 4 is 34.3 Å². The van der Waals surface area contributed by atoms with Gasteiger partial charge in [0.2, 0.25) is 0 Å². The van der Waals surface area contributed by atoms with Gasteiger partial charge in [0.25, 0.3) is 5.91 Å². The quantitative estimate of drug-likeness (QED) is 0.705. The number of hydrogen-bond donors (Lipinski definition) is 0. The molecule has 3 atom stereocenters. The molecule has 28 heavy (non-hydrogen) atoms. The molecule has 9 heteroatoms. The lowest BCUT2D eigenvalue weighted by atomic mass is 10.1. The lowest BCUT2D eigenvalue weighted by Crippen LogP contribution is -2.57. The van der Waals surface area contributed by atoms with E-state index in [-0.39, 0.29) is 13.0 Å². The number of piperazine rings is 1. The third-order valence-electron chi connectivity index (χ3n) is 5.78. The van der Waals surface area contributed by atoms with E-state index in [1.165, 1.54) is 4.90 Å². The minimum Gasteiger partial charge on any atom is -0.327 e. The number of imide groups is 1. The Hall–Kier alpha value is -3.10. The van der Waals surface area contributed by atoms with Crippen LogP contribution >= 0.6 is 0 Å². The molecule has 0 spiro atoms. The van der Waals surface area contributed by atoms with Crippen LogP contribution < -0.4 is 4.90 Å². The monoisotopic (exact) mass is 389 g/mol. The Morgan fingerprint density at radius 3 is 2.50 bits per heavy atom. The van der Waals surface area contributed by atoms with Crippen molar-refractivity contribution in [3.63, 3.8) is 0 Å². The zero-order valence-corrected chi connectivity index (χ0v) is 14.4. The van der Waals surface area contributed by atoms with Crippen LogP contribution in [0.3, 0.4) is 0 Å². The number of urea groups is 1. The summed E-state index contributed by atoms with van der Waals surface area (Å²) in [6.07, 6.45) is -4.82. The highest BCUT2D eigenvalue weighted by Gasteiger charge is 2.64. The molecule has 144 valence electrons. The van der Waals surface area contributed by atoms with Crippen molar-refractivity contribution < 1.29 is 27.6 Å². The summed E-state index contributed by atoms with van der Waals surface area (Å²) >= 11 is 0. The summed E-state index contributed by atoms with van der Waals surface area (Å²) in [6, 6.07) is 9.29. The molecule has 3 aliphatic rings. The molecule has 1 unspecified atom stereocenters. The molecule has 0 aromatic heterocycles. The Kier molecular flexibility index (Phi) is 3.32. The molecule has 2 aromatic carbocycles. The highest BCUT2D eigenvalue weighted by Crippen LogP contribution is 2.44. The largest absolute Gasteiger partial charge is 0.471 e. The van der Waals surface area contributed by atoms with Gasteiger partial charge >= 0.3 is 18.1 Å². The highest BCUT2D eigenvalue weighted by molar-refractivity contribution is 6.25. The van der Waals surface area contributed by atoms with Crippen LogP contribution in [0, 0.1) is 0 Å². The molecular weight excluding hydrogens is 375 g/mol. The zero-order chi connectivity index (χ0) is 19.8. The Morgan fingerprint density at radius 1 is 1.04 bits per heavy atom. The van der Waals surface area contributed by atoms with Gasteiger partial charge in [0.05, 0.1) is 17.8 Å². The molecule has 0 N–H and O–H groups in total. The van der Waals surface area contributed by atoms with Crippen molar-refractivity contribution in [1.29, 1.82) is 0 Å². The first-order valence-electron chi connectivity index (χ1n) is 8.81. The molecule has 2 aromatic rings. The Morgan fingerprint density at radius 2 is 1.75 bits per heavy atom. The number of hydrogen-bond acceptors (Lipinski definition) is 3. The normalized spacial score (nSPS) is 26.5. The van der Waals surface area contributed by atoms with Crippen molar-refractivity contribution in [1.82, 2.24) is 9.80 Å². The predicted octanol–water partition coefficient (Wildman–Crippen LogP) is 2.52. The van der Waals surface area contributed by atoms with Gasteiger partial charge in [-0.15, -0.1) is 0 Å². The van der Waals surface area contributed by atoms with Gasteiger partial charge in [-0.05, 0) is 17.9 Å². The van der Waals surface area contributed by atoms with E-state index in [1.54, 1.807) is 24.3 Å². The van der Waals surface area contributed by atoms with E-state index in [9.17, 15) is 27.6 Å².